The van der Waals surface area contributed by atoms with Gasteiger partial charge in [-0.25, -0.2) is 9.78 Å². The number of aromatic amines is 1. The number of hydrogen-bond donors (Lipinski definition) is 4. The van der Waals surface area contributed by atoms with Gasteiger partial charge in [0, 0.05) is 43.5 Å². The first-order valence-corrected chi connectivity index (χ1v) is 11.4. The van der Waals surface area contributed by atoms with Gasteiger partial charge in [0.2, 0.25) is 0 Å². The van der Waals surface area contributed by atoms with Gasteiger partial charge in [0.25, 0.3) is 0 Å². The number of nitrogens with one attached hydrogen (secondary N) is 2. The van der Waals surface area contributed by atoms with E-state index in [0.29, 0.717) is 17.4 Å². The highest BCUT2D eigenvalue weighted by molar-refractivity contribution is 5.69. The summed E-state index contributed by atoms with van der Waals surface area (Å²) in [7, 11) is 0. The van der Waals surface area contributed by atoms with Crippen LogP contribution in [0.1, 0.15) is 35.4 Å². The standard InChI is InChI=1S/C24H27F3N4.CH4N2O/c1-17-22(30-23(29-17)19-7-9-20(10-8-19)24(25,26)27)16-31-13-11-21(12-14-31)28-15-18-5-3-2-4-6-18;2-1(3)4/h2-10,21,28H,11-16H2,1H3,(H,29,30);(H4,2,3,4). The Kier molecular flexibility index (Phi) is 8.89. The number of rotatable bonds is 6. The first-order valence-electron chi connectivity index (χ1n) is 11.4. The molecule has 188 valence electrons. The summed E-state index contributed by atoms with van der Waals surface area (Å²) in [5.41, 5.74) is 11.7. The van der Waals surface area contributed by atoms with E-state index in [0.717, 1.165) is 62.5 Å². The van der Waals surface area contributed by atoms with E-state index in [1.54, 1.807) is 0 Å². The molecule has 1 saturated heterocycles. The Labute approximate surface area is 202 Å². The third-order valence-electron chi connectivity index (χ3n) is 5.87. The molecular weight excluding hydrogens is 457 g/mol. The lowest BCUT2D eigenvalue weighted by molar-refractivity contribution is -0.137. The molecule has 3 aromatic rings. The zero-order valence-corrected chi connectivity index (χ0v) is 19.6. The topological polar surface area (TPSA) is 113 Å². The Balaban J connectivity index is 0.000000795. The number of amides is 2. The van der Waals surface area contributed by atoms with Gasteiger partial charge in [-0.1, -0.05) is 42.5 Å². The molecular formula is C25H31F3N6O. The van der Waals surface area contributed by atoms with Crippen LogP contribution < -0.4 is 16.8 Å². The number of benzene rings is 2. The monoisotopic (exact) mass is 488 g/mol. The van der Waals surface area contributed by atoms with E-state index in [4.69, 9.17) is 4.79 Å². The van der Waals surface area contributed by atoms with Crippen LogP contribution in [0.4, 0.5) is 18.0 Å². The van der Waals surface area contributed by atoms with Crippen molar-refractivity contribution in [2.24, 2.45) is 11.5 Å². The van der Waals surface area contributed by atoms with Crippen LogP contribution in [-0.2, 0) is 19.3 Å². The van der Waals surface area contributed by atoms with E-state index in [1.807, 2.05) is 13.0 Å². The molecule has 0 spiro atoms. The molecule has 2 amide bonds. The zero-order chi connectivity index (χ0) is 25.4. The number of piperidine rings is 1. The third kappa shape index (κ3) is 8.11. The molecule has 0 bridgehead atoms. The molecule has 4 rings (SSSR count). The van der Waals surface area contributed by atoms with Crippen LogP contribution in [0.3, 0.4) is 0 Å². The fraction of sp³-hybridized carbons (Fsp3) is 0.360. The van der Waals surface area contributed by atoms with Crippen LogP contribution in [0.15, 0.2) is 54.6 Å². The molecule has 2 aromatic carbocycles. The minimum Gasteiger partial charge on any atom is -0.352 e. The van der Waals surface area contributed by atoms with Crippen molar-refractivity contribution in [1.29, 1.82) is 0 Å². The first kappa shape index (κ1) is 26.2. The minimum atomic E-state index is -4.33. The molecule has 1 fully saturated rings. The minimum absolute atomic E-state index is 0.513. The molecule has 7 nitrogen and oxygen atoms in total. The number of aryl methyl sites for hydroxylation is 1. The third-order valence-corrected chi connectivity index (χ3v) is 5.87. The number of alkyl halides is 3. The average molecular weight is 489 g/mol. The fourth-order valence-electron chi connectivity index (χ4n) is 3.97. The molecule has 0 atom stereocenters. The van der Waals surface area contributed by atoms with Gasteiger partial charge in [-0.3, -0.25) is 4.90 Å². The number of carbonyl (C=O) groups is 1. The van der Waals surface area contributed by atoms with Crippen LogP contribution in [-0.4, -0.2) is 40.0 Å². The van der Waals surface area contributed by atoms with Crippen LogP contribution in [0, 0.1) is 6.92 Å². The molecule has 2 heterocycles. The quantitative estimate of drug-likeness (QED) is 0.417. The summed E-state index contributed by atoms with van der Waals surface area (Å²) in [4.78, 5) is 19.3. The summed E-state index contributed by atoms with van der Waals surface area (Å²) in [5.74, 6) is 0.612. The van der Waals surface area contributed by atoms with E-state index in [2.05, 4.69) is 55.9 Å². The highest BCUT2D eigenvalue weighted by atomic mass is 19.4. The van der Waals surface area contributed by atoms with Gasteiger partial charge < -0.3 is 21.8 Å². The lowest BCUT2D eigenvalue weighted by Crippen LogP contribution is -2.42. The van der Waals surface area contributed by atoms with Crippen molar-refractivity contribution < 1.29 is 18.0 Å². The summed E-state index contributed by atoms with van der Waals surface area (Å²) in [6, 6.07) is 15.2. The number of halogens is 3. The Morgan fingerprint density at radius 1 is 1.09 bits per heavy atom. The molecule has 0 radical (unpaired) electrons. The van der Waals surface area contributed by atoms with Crippen molar-refractivity contribution in [2.45, 2.75) is 45.1 Å². The number of hydrogen-bond acceptors (Lipinski definition) is 4. The van der Waals surface area contributed by atoms with Crippen molar-refractivity contribution in [3.05, 3.63) is 77.1 Å². The zero-order valence-electron chi connectivity index (χ0n) is 19.6. The number of carbonyl (C=O) groups excluding carboxylic acids is 1. The number of nitrogens with two attached hydrogens (primary N) is 2. The Bertz CT molecular complexity index is 1070. The predicted molar refractivity (Wildman–Crippen MR) is 129 cm³/mol. The van der Waals surface area contributed by atoms with Gasteiger partial charge >= 0.3 is 12.2 Å². The number of imidazole rings is 1. The Morgan fingerprint density at radius 2 is 1.69 bits per heavy atom. The van der Waals surface area contributed by atoms with E-state index < -0.39 is 17.8 Å². The number of urea groups is 1. The van der Waals surface area contributed by atoms with E-state index >= 15 is 0 Å². The largest absolute Gasteiger partial charge is 0.416 e. The molecule has 1 aliphatic heterocycles. The molecule has 6 N–H and O–H groups in total. The second-order valence-electron chi connectivity index (χ2n) is 8.55. The molecule has 0 aliphatic carbocycles. The number of H-pyrrole nitrogens is 1. The van der Waals surface area contributed by atoms with Gasteiger partial charge in [0.15, 0.2) is 0 Å². The molecule has 0 unspecified atom stereocenters. The SMILES string of the molecule is Cc1[nH]c(-c2ccc(C(F)(F)F)cc2)nc1CN1CCC(NCc2ccccc2)CC1.NC(N)=O. The summed E-state index contributed by atoms with van der Waals surface area (Å²) < 4.78 is 38.3. The molecule has 1 aromatic heterocycles. The molecule has 1 aliphatic rings. The predicted octanol–water partition coefficient (Wildman–Crippen LogP) is 4.18. The van der Waals surface area contributed by atoms with Gasteiger partial charge in [-0.15, -0.1) is 0 Å². The number of likely N-dealkylation sites (tertiary alicyclic amines) is 1. The smallest absolute Gasteiger partial charge is 0.352 e. The number of aromatic nitrogens is 2. The van der Waals surface area contributed by atoms with Crippen LogP contribution in [0.25, 0.3) is 11.4 Å². The fourth-order valence-corrected chi connectivity index (χ4v) is 3.97. The highest BCUT2D eigenvalue weighted by Crippen LogP contribution is 2.30. The van der Waals surface area contributed by atoms with Crippen molar-refractivity contribution in [3.63, 3.8) is 0 Å². The van der Waals surface area contributed by atoms with Gasteiger partial charge in [-0.2, -0.15) is 13.2 Å². The summed E-state index contributed by atoms with van der Waals surface area (Å²) in [6.45, 7) is 5.58. The number of primary amides is 2. The second kappa shape index (κ2) is 11.9. The molecule has 10 heteroatoms. The maximum atomic E-state index is 12.8. The van der Waals surface area contributed by atoms with E-state index in [1.165, 1.54) is 17.7 Å². The van der Waals surface area contributed by atoms with Crippen molar-refractivity contribution in [1.82, 2.24) is 20.2 Å². The molecule has 0 saturated carbocycles. The van der Waals surface area contributed by atoms with Gasteiger partial charge in [0.05, 0.1) is 11.3 Å². The summed E-state index contributed by atoms with van der Waals surface area (Å²) >= 11 is 0. The Morgan fingerprint density at radius 3 is 2.26 bits per heavy atom. The normalized spacial score (nSPS) is 14.9. The van der Waals surface area contributed by atoms with Crippen LogP contribution in [0.5, 0.6) is 0 Å². The number of nitrogens with zero attached hydrogens (tertiary/aromatic N) is 2. The van der Waals surface area contributed by atoms with Gasteiger partial charge in [-0.05, 0) is 37.5 Å². The summed E-state index contributed by atoms with van der Waals surface area (Å²) in [5, 5.41) is 3.65. The molecule has 35 heavy (non-hydrogen) atoms. The van der Waals surface area contributed by atoms with Crippen molar-refractivity contribution >= 4 is 6.03 Å². The van der Waals surface area contributed by atoms with E-state index in [-0.39, 0.29) is 0 Å². The van der Waals surface area contributed by atoms with Crippen LogP contribution >= 0.6 is 0 Å². The van der Waals surface area contributed by atoms with Crippen molar-refractivity contribution in [3.8, 4) is 11.4 Å². The maximum Gasteiger partial charge on any atom is 0.416 e. The lowest BCUT2D eigenvalue weighted by atomic mass is 10.0. The van der Waals surface area contributed by atoms with Gasteiger partial charge in [0.1, 0.15) is 5.82 Å². The maximum absolute atomic E-state index is 12.8. The Hall–Kier alpha value is -3.37. The van der Waals surface area contributed by atoms with Crippen molar-refractivity contribution in [2.75, 3.05) is 13.1 Å². The summed E-state index contributed by atoms with van der Waals surface area (Å²) in [6.07, 6.45) is -2.16. The lowest BCUT2D eigenvalue weighted by Gasteiger charge is -2.32. The second-order valence-corrected chi connectivity index (χ2v) is 8.55. The average Bonchev–Trinajstić information content (AvgIpc) is 3.18. The highest BCUT2D eigenvalue weighted by Gasteiger charge is 2.30. The van der Waals surface area contributed by atoms with Crippen LogP contribution in [0.2, 0.25) is 0 Å². The first-order chi connectivity index (χ1) is 16.6. The van der Waals surface area contributed by atoms with E-state index in [9.17, 15) is 13.2 Å².